The Balaban J connectivity index is 1.61. The van der Waals surface area contributed by atoms with Crippen molar-refractivity contribution >= 4 is 17.2 Å². The van der Waals surface area contributed by atoms with Crippen molar-refractivity contribution in [3.8, 4) is 0 Å². The summed E-state index contributed by atoms with van der Waals surface area (Å²) in [7, 11) is 1.97. The van der Waals surface area contributed by atoms with Gasteiger partial charge in [-0.15, -0.1) is 11.3 Å². The Kier molecular flexibility index (Phi) is 4.59. The Bertz CT molecular complexity index is 623. The number of thiophene rings is 1. The zero-order chi connectivity index (χ0) is 15.5. The maximum atomic E-state index is 12.4. The summed E-state index contributed by atoms with van der Waals surface area (Å²) in [5.41, 5.74) is 1.06. The van der Waals surface area contributed by atoms with Crippen molar-refractivity contribution in [3.05, 3.63) is 40.6 Å². The molecule has 0 saturated carbocycles. The van der Waals surface area contributed by atoms with Crippen LogP contribution in [0.25, 0.3) is 0 Å². The second-order valence-corrected chi connectivity index (χ2v) is 6.74. The largest absolute Gasteiger partial charge is 0.372 e. The molecule has 2 aromatic heterocycles. The number of amides is 1. The highest BCUT2D eigenvalue weighted by atomic mass is 32.1. The van der Waals surface area contributed by atoms with Gasteiger partial charge in [0, 0.05) is 24.6 Å². The highest BCUT2D eigenvalue weighted by Gasteiger charge is 2.28. The molecule has 1 fully saturated rings. The molecule has 1 amide bonds. The van der Waals surface area contributed by atoms with Crippen molar-refractivity contribution in [2.24, 2.45) is 7.05 Å². The summed E-state index contributed by atoms with van der Waals surface area (Å²) in [5, 5.41) is 5.18. The lowest BCUT2D eigenvalue weighted by Crippen LogP contribution is -2.41. The topological polar surface area (TPSA) is 56.1 Å². The van der Waals surface area contributed by atoms with Crippen LogP contribution in [-0.4, -0.2) is 28.1 Å². The van der Waals surface area contributed by atoms with Crippen LogP contribution in [0.3, 0.4) is 0 Å². The molecule has 118 valence electrons. The number of nitrogens with one attached hydrogen (secondary N) is 1. The first-order valence-corrected chi connectivity index (χ1v) is 8.44. The minimum atomic E-state index is -0.0991. The maximum absolute atomic E-state index is 12.4. The number of carbonyl (C=O) groups is 1. The van der Waals surface area contributed by atoms with Crippen molar-refractivity contribution in [2.75, 3.05) is 6.61 Å². The molecule has 0 unspecified atom stereocenters. The van der Waals surface area contributed by atoms with Crippen LogP contribution in [0, 0.1) is 0 Å². The number of carbonyl (C=O) groups excluding carboxylic acids is 1. The summed E-state index contributed by atoms with van der Waals surface area (Å²) < 4.78 is 7.81. The Hall–Kier alpha value is -1.66. The predicted octanol–water partition coefficient (Wildman–Crippen LogP) is 2.62. The summed E-state index contributed by atoms with van der Waals surface area (Å²) in [4.78, 5) is 17.7. The maximum Gasteiger partial charge on any atom is 0.228 e. The normalized spacial score (nSPS) is 23.2. The van der Waals surface area contributed by atoms with Crippen molar-refractivity contribution in [3.63, 3.8) is 0 Å². The van der Waals surface area contributed by atoms with Crippen LogP contribution >= 0.6 is 11.3 Å². The van der Waals surface area contributed by atoms with Crippen molar-refractivity contribution in [1.82, 2.24) is 14.9 Å². The number of aromatic nitrogens is 2. The van der Waals surface area contributed by atoms with Gasteiger partial charge in [-0.05, 0) is 31.2 Å². The third-order valence-corrected chi connectivity index (χ3v) is 5.23. The smallest absolute Gasteiger partial charge is 0.228 e. The van der Waals surface area contributed by atoms with E-state index < -0.39 is 0 Å². The number of nitrogens with zero attached hydrogens (tertiary/aromatic N) is 2. The van der Waals surface area contributed by atoms with Crippen LogP contribution in [0.4, 0.5) is 0 Å². The van der Waals surface area contributed by atoms with Gasteiger partial charge in [-0.3, -0.25) is 4.79 Å². The van der Waals surface area contributed by atoms with E-state index in [1.165, 1.54) is 0 Å². The lowest BCUT2D eigenvalue weighted by atomic mass is 10.00. The highest BCUT2D eigenvalue weighted by molar-refractivity contribution is 7.10. The SMILES string of the molecule is C[C@H](C(=O)N[C@@H]1CCO[C@H](c2cncn2C)C1)c1cccs1. The molecule has 0 aromatic carbocycles. The number of hydrogen-bond acceptors (Lipinski definition) is 4. The van der Waals surface area contributed by atoms with Gasteiger partial charge in [-0.1, -0.05) is 6.07 Å². The second-order valence-electron chi connectivity index (χ2n) is 5.76. The number of imidazole rings is 1. The van der Waals surface area contributed by atoms with Crippen molar-refractivity contribution in [2.45, 2.75) is 37.8 Å². The molecule has 0 bridgehead atoms. The molecule has 3 rings (SSSR count). The summed E-state index contributed by atoms with van der Waals surface area (Å²) >= 11 is 1.62. The second kappa shape index (κ2) is 6.62. The van der Waals surface area contributed by atoms with Crippen molar-refractivity contribution < 1.29 is 9.53 Å². The van der Waals surface area contributed by atoms with E-state index in [1.807, 2.05) is 42.2 Å². The minimum Gasteiger partial charge on any atom is -0.372 e. The fourth-order valence-corrected chi connectivity index (χ4v) is 3.59. The van der Waals surface area contributed by atoms with E-state index in [2.05, 4.69) is 10.3 Å². The van der Waals surface area contributed by atoms with Crippen LogP contribution in [-0.2, 0) is 16.6 Å². The van der Waals surface area contributed by atoms with Gasteiger partial charge in [0.1, 0.15) is 6.10 Å². The summed E-state index contributed by atoms with van der Waals surface area (Å²) in [5.74, 6) is -0.00361. The average molecular weight is 319 g/mol. The van der Waals surface area contributed by atoms with Gasteiger partial charge in [-0.25, -0.2) is 4.98 Å². The summed E-state index contributed by atoms with van der Waals surface area (Å²) in [6, 6.07) is 4.15. The Morgan fingerprint density at radius 2 is 2.45 bits per heavy atom. The molecule has 3 heterocycles. The van der Waals surface area contributed by atoms with Crippen LogP contribution in [0.2, 0.25) is 0 Å². The summed E-state index contributed by atoms with van der Waals surface area (Å²) in [6.07, 6.45) is 5.27. The molecule has 1 saturated heterocycles. The van der Waals surface area contributed by atoms with E-state index in [1.54, 1.807) is 17.7 Å². The molecular formula is C16H21N3O2S. The Morgan fingerprint density at radius 3 is 3.14 bits per heavy atom. The monoisotopic (exact) mass is 319 g/mol. The van der Waals surface area contributed by atoms with Gasteiger partial charge in [-0.2, -0.15) is 0 Å². The fraction of sp³-hybridized carbons (Fsp3) is 0.500. The Morgan fingerprint density at radius 1 is 1.59 bits per heavy atom. The van der Waals surface area contributed by atoms with Gasteiger partial charge in [0.25, 0.3) is 0 Å². The first-order valence-electron chi connectivity index (χ1n) is 7.56. The molecule has 0 radical (unpaired) electrons. The molecule has 1 N–H and O–H groups in total. The van der Waals surface area contributed by atoms with E-state index in [-0.39, 0.29) is 24.0 Å². The zero-order valence-electron chi connectivity index (χ0n) is 12.9. The molecular weight excluding hydrogens is 298 g/mol. The average Bonchev–Trinajstić information content (AvgIpc) is 3.18. The van der Waals surface area contributed by atoms with Crippen LogP contribution in [0.1, 0.15) is 42.4 Å². The van der Waals surface area contributed by atoms with E-state index in [0.29, 0.717) is 6.61 Å². The van der Waals surface area contributed by atoms with Gasteiger partial charge in [0.15, 0.2) is 0 Å². The van der Waals surface area contributed by atoms with Crippen LogP contribution in [0.15, 0.2) is 30.0 Å². The lowest BCUT2D eigenvalue weighted by molar-refractivity contribution is -0.124. The zero-order valence-corrected chi connectivity index (χ0v) is 13.7. The first kappa shape index (κ1) is 15.2. The number of rotatable bonds is 4. The number of hydrogen-bond donors (Lipinski definition) is 1. The molecule has 5 nitrogen and oxygen atoms in total. The highest BCUT2D eigenvalue weighted by Crippen LogP contribution is 2.28. The van der Waals surface area contributed by atoms with Gasteiger partial charge in [0.05, 0.1) is 24.1 Å². The first-order chi connectivity index (χ1) is 10.6. The summed E-state index contributed by atoms with van der Waals surface area (Å²) in [6.45, 7) is 2.62. The number of aryl methyl sites for hydroxylation is 1. The molecule has 1 aliphatic heterocycles. The minimum absolute atomic E-state index is 0.00333. The third kappa shape index (κ3) is 3.23. The van der Waals surface area contributed by atoms with E-state index in [9.17, 15) is 4.79 Å². The predicted molar refractivity (Wildman–Crippen MR) is 85.8 cm³/mol. The van der Waals surface area contributed by atoms with Crippen LogP contribution in [0.5, 0.6) is 0 Å². The molecule has 1 aliphatic rings. The Labute approximate surface area is 134 Å². The fourth-order valence-electron chi connectivity index (χ4n) is 2.80. The molecule has 0 spiro atoms. The molecule has 2 aromatic rings. The molecule has 3 atom stereocenters. The van der Waals surface area contributed by atoms with E-state index in [0.717, 1.165) is 23.4 Å². The van der Waals surface area contributed by atoms with E-state index in [4.69, 9.17) is 4.74 Å². The molecule has 6 heteroatoms. The standard InChI is InChI=1S/C16H21N3O2S/c1-11(15-4-3-7-22-15)16(20)18-12-5-6-21-14(8-12)13-9-17-10-19(13)2/h3-4,7,9-12,14H,5-6,8H2,1-2H3,(H,18,20)/t11-,12+,14-/m0/s1. The quantitative estimate of drug-likeness (QED) is 0.942. The van der Waals surface area contributed by atoms with Crippen LogP contribution < -0.4 is 5.32 Å². The molecule has 0 aliphatic carbocycles. The van der Waals surface area contributed by atoms with E-state index >= 15 is 0 Å². The number of ether oxygens (including phenoxy) is 1. The van der Waals surface area contributed by atoms with Gasteiger partial charge < -0.3 is 14.6 Å². The lowest BCUT2D eigenvalue weighted by Gasteiger charge is -2.30. The van der Waals surface area contributed by atoms with Crippen molar-refractivity contribution in [1.29, 1.82) is 0 Å². The van der Waals surface area contributed by atoms with Gasteiger partial charge in [0.2, 0.25) is 5.91 Å². The third-order valence-electron chi connectivity index (χ3n) is 4.18. The molecule has 22 heavy (non-hydrogen) atoms. The van der Waals surface area contributed by atoms with Gasteiger partial charge >= 0.3 is 0 Å².